The average molecular weight is 310 g/mol. The molecule has 0 bridgehead atoms. The Morgan fingerprint density at radius 2 is 2.00 bits per heavy atom. The highest BCUT2D eigenvalue weighted by Gasteiger charge is 2.34. The zero-order chi connectivity index (χ0) is 15.0. The molecule has 2 atom stereocenters. The quantitative estimate of drug-likeness (QED) is 0.808. The summed E-state index contributed by atoms with van der Waals surface area (Å²) in [5.41, 5.74) is 0.833. The molecule has 6 heteroatoms. The van der Waals surface area contributed by atoms with Crippen LogP contribution in [0.3, 0.4) is 0 Å². The Kier molecular flexibility index (Phi) is 3.76. The number of benzene rings is 1. The molecule has 1 saturated heterocycles. The monoisotopic (exact) mass is 309 g/mol. The number of imide groups is 1. The third-order valence-electron chi connectivity index (χ3n) is 3.94. The van der Waals surface area contributed by atoms with Crippen LogP contribution in [0.4, 0.5) is 0 Å². The van der Waals surface area contributed by atoms with Crippen molar-refractivity contribution in [2.75, 3.05) is 13.2 Å². The number of halogens is 1. The van der Waals surface area contributed by atoms with E-state index in [0.717, 1.165) is 12.0 Å². The summed E-state index contributed by atoms with van der Waals surface area (Å²) in [5, 5.41) is 2.80. The molecule has 2 aliphatic rings. The average Bonchev–Trinajstić information content (AvgIpc) is 2.68. The van der Waals surface area contributed by atoms with Crippen molar-refractivity contribution in [2.24, 2.45) is 5.92 Å². The number of nitrogens with one attached hydrogen (secondary N) is 1. The minimum Gasteiger partial charge on any atom is -0.489 e. The van der Waals surface area contributed by atoms with Crippen LogP contribution in [0.5, 0.6) is 11.5 Å². The van der Waals surface area contributed by atoms with Crippen molar-refractivity contribution in [3.8, 4) is 11.5 Å². The smallest absolute Gasteiger partial charge is 0.230 e. The lowest BCUT2D eigenvalue weighted by Gasteiger charge is -2.28. The topological polar surface area (TPSA) is 64.6 Å². The number of fused-ring (bicyclic) bond motifs is 1. The van der Waals surface area contributed by atoms with Gasteiger partial charge in [-0.1, -0.05) is 18.5 Å². The number of hydrogen-bond donors (Lipinski definition) is 1. The van der Waals surface area contributed by atoms with E-state index in [-0.39, 0.29) is 30.1 Å². The van der Waals surface area contributed by atoms with Gasteiger partial charge in [-0.25, -0.2) is 0 Å². The van der Waals surface area contributed by atoms with Crippen molar-refractivity contribution in [1.82, 2.24) is 5.32 Å². The number of carbonyl (C=O) groups is 2. The standard InChI is InChI=1S/C15H16ClNO4/c1-8-10(7-13(18)17-15(8)19)9-5-11(16)14-12(6-9)20-3-2-4-21-14/h5-6,8,10H,2-4,7H2,1H3,(H,17,18,19). The molecule has 2 heterocycles. The van der Waals surface area contributed by atoms with Gasteiger partial charge in [0.15, 0.2) is 11.5 Å². The SMILES string of the molecule is CC1C(=O)NC(=O)CC1c1cc(Cl)c2c(c1)OCCCO2. The first-order valence-electron chi connectivity index (χ1n) is 6.99. The van der Waals surface area contributed by atoms with Gasteiger partial charge < -0.3 is 9.47 Å². The maximum absolute atomic E-state index is 11.8. The van der Waals surface area contributed by atoms with Gasteiger partial charge in [-0.3, -0.25) is 14.9 Å². The van der Waals surface area contributed by atoms with Crippen LogP contribution in [0.2, 0.25) is 5.02 Å². The molecule has 2 amide bonds. The maximum Gasteiger partial charge on any atom is 0.230 e. The molecule has 112 valence electrons. The summed E-state index contributed by atoms with van der Waals surface area (Å²) in [6.07, 6.45) is 1.06. The highest BCUT2D eigenvalue weighted by Crippen LogP contribution is 2.42. The van der Waals surface area contributed by atoms with Crippen molar-refractivity contribution in [3.05, 3.63) is 22.7 Å². The van der Waals surface area contributed by atoms with E-state index in [4.69, 9.17) is 21.1 Å². The number of carbonyl (C=O) groups excluding carboxylic acids is 2. The fourth-order valence-electron chi connectivity index (χ4n) is 2.73. The number of rotatable bonds is 1. The van der Waals surface area contributed by atoms with Crippen LogP contribution in [-0.2, 0) is 9.59 Å². The minimum atomic E-state index is -0.288. The lowest BCUT2D eigenvalue weighted by molar-refractivity contribution is -0.136. The summed E-state index contributed by atoms with van der Waals surface area (Å²) in [5.74, 6) is 0.132. The molecule has 0 spiro atoms. The molecule has 21 heavy (non-hydrogen) atoms. The molecule has 0 saturated carbocycles. The molecule has 1 N–H and O–H groups in total. The zero-order valence-corrected chi connectivity index (χ0v) is 12.4. The first kappa shape index (κ1) is 14.2. The van der Waals surface area contributed by atoms with Gasteiger partial charge in [0.05, 0.1) is 18.2 Å². The van der Waals surface area contributed by atoms with E-state index in [1.54, 1.807) is 6.07 Å². The highest BCUT2D eigenvalue weighted by atomic mass is 35.5. The molecular formula is C15H16ClNO4. The second kappa shape index (κ2) is 5.56. The number of ether oxygens (including phenoxy) is 2. The summed E-state index contributed by atoms with van der Waals surface area (Å²) in [7, 11) is 0. The number of amides is 2. The summed E-state index contributed by atoms with van der Waals surface area (Å²) in [4.78, 5) is 23.4. The predicted octanol–water partition coefficient (Wildman–Crippen LogP) is 2.27. The van der Waals surface area contributed by atoms with Gasteiger partial charge in [0.1, 0.15) is 0 Å². The van der Waals surface area contributed by atoms with Crippen molar-refractivity contribution < 1.29 is 19.1 Å². The fourth-order valence-corrected chi connectivity index (χ4v) is 3.01. The van der Waals surface area contributed by atoms with E-state index >= 15 is 0 Å². The van der Waals surface area contributed by atoms with Gasteiger partial charge in [-0.05, 0) is 17.7 Å². The number of piperidine rings is 1. The van der Waals surface area contributed by atoms with Crippen molar-refractivity contribution in [3.63, 3.8) is 0 Å². The van der Waals surface area contributed by atoms with Crippen molar-refractivity contribution in [2.45, 2.75) is 25.7 Å². The first-order valence-corrected chi connectivity index (χ1v) is 7.37. The Balaban J connectivity index is 1.98. The largest absolute Gasteiger partial charge is 0.489 e. The lowest BCUT2D eigenvalue weighted by Crippen LogP contribution is -2.43. The van der Waals surface area contributed by atoms with Crippen molar-refractivity contribution in [1.29, 1.82) is 0 Å². The summed E-state index contributed by atoms with van der Waals surface area (Å²) >= 11 is 6.27. The summed E-state index contributed by atoms with van der Waals surface area (Å²) in [6.45, 7) is 2.93. The Labute approximate surface area is 127 Å². The van der Waals surface area contributed by atoms with Gasteiger partial charge >= 0.3 is 0 Å². The Hall–Kier alpha value is -1.75. The van der Waals surface area contributed by atoms with E-state index in [2.05, 4.69) is 5.32 Å². The molecule has 2 aliphatic heterocycles. The van der Waals surface area contributed by atoms with Crippen LogP contribution >= 0.6 is 11.6 Å². The predicted molar refractivity (Wildman–Crippen MR) is 76.7 cm³/mol. The number of hydrogen-bond acceptors (Lipinski definition) is 4. The molecular weight excluding hydrogens is 294 g/mol. The fraction of sp³-hybridized carbons (Fsp3) is 0.467. The van der Waals surface area contributed by atoms with E-state index in [1.165, 1.54) is 0 Å². The molecule has 5 nitrogen and oxygen atoms in total. The molecule has 1 fully saturated rings. The second-order valence-electron chi connectivity index (χ2n) is 5.39. The van der Waals surface area contributed by atoms with Crippen LogP contribution in [0.25, 0.3) is 0 Å². The lowest BCUT2D eigenvalue weighted by atomic mass is 9.81. The normalized spacial score (nSPS) is 25.2. The highest BCUT2D eigenvalue weighted by molar-refractivity contribution is 6.32. The van der Waals surface area contributed by atoms with Gasteiger partial charge in [0, 0.05) is 24.7 Å². The van der Waals surface area contributed by atoms with Crippen LogP contribution in [-0.4, -0.2) is 25.0 Å². The van der Waals surface area contributed by atoms with Crippen LogP contribution in [0.15, 0.2) is 12.1 Å². The maximum atomic E-state index is 11.8. The third-order valence-corrected chi connectivity index (χ3v) is 4.22. The molecule has 0 aliphatic carbocycles. The molecule has 1 aromatic rings. The van der Waals surface area contributed by atoms with Gasteiger partial charge in [0.25, 0.3) is 0 Å². The molecule has 1 aromatic carbocycles. The Morgan fingerprint density at radius 1 is 1.24 bits per heavy atom. The van der Waals surface area contributed by atoms with Gasteiger partial charge in [-0.2, -0.15) is 0 Å². The van der Waals surface area contributed by atoms with E-state index < -0.39 is 0 Å². The van der Waals surface area contributed by atoms with E-state index in [9.17, 15) is 9.59 Å². The van der Waals surface area contributed by atoms with Gasteiger partial charge in [0.2, 0.25) is 11.8 Å². The van der Waals surface area contributed by atoms with E-state index in [0.29, 0.717) is 29.7 Å². The summed E-state index contributed by atoms with van der Waals surface area (Å²) < 4.78 is 11.2. The van der Waals surface area contributed by atoms with Crippen LogP contribution < -0.4 is 14.8 Å². The van der Waals surface area contributed by atoms with E-state index in [1.807, 2.05) is 13.0 Å². The van der Waals surface area contributed by atoms with Crippen molar-refractivity contribution >= 4 is 23.4 Å². The first-order chi connectivity index (χ1) is 10.1. The Morgan fingerprint density at radius 3 is 2.81 bits per heavy atom. The molecule has 3 rings (SSSR count). The summed E-state index contributed by atoms with van der Waals surface area (Å²) in [6, 6.07) is 3.60. The molecule has 0 radical (unpaired) electrons. The molecule has 0 aromatic heterocycles. The zero-order valence-electron chi connectivity index (χ0n) is 11.6. The minimum absolute atomic E-state index is 0.194. The van der Waals surface area contributed by atoms with Gasteiger partial charge in [-0.15, -0.1) is 0 Å². The van der Waals surface area contributed by atoms with Crippen LogP contribution in [0.1, 0.15) is 31.2 Å². The third kappa shape index (κ3) is 2.70. The van der Waals surface area contributed by atoms with Crippen LogP contribution in [0, 0.1) is 5.92 Å². The Bertz CT molecular complexity index is 602. The molecule has 2 unspecified atom stereocenters. The second-order valence-corrected chi connectivity index (χ2v) is 5.80.